The third-order valence-electron chi connectivity index (χ3n) is 6.80. The van der Waals surface area contributed by atoms with Gasteiger partial charge in [-0.3, -0.25) is 19.3 Å². The van der Waals surface area contributed by atoms with Crippen LogP contribution in [0.25, 0.3) is 0 Å². The summed E-state index contributed by atoms with van der Waals surface area (Å²) < 4.78 is 17.4. The molecule has 0 spiro atoms. The number of hydrogen-bond donors (Lipinski definition) is 4. The fraction of sp³-hybridized carbons (Fsp3) is 0.407. The molecular weight excluding hydrogens is 510 g/mol. The Hall–Kier alpha value is -4.16. The second-order valence-corrected chi connectivity index (χ2v) is 9.40. The first kappa shape index (κ1) is 27.9. The SMILES string of the molecule is O=C1COc2cc(C(=O)O)cc(c2)C(=O)N[C@H]2CN(C3CCOCC3)C[C@@H]2Oc2ccc(cc2)CN1.O=CO. The number of carboxylic acid groups (broad SMARTS) is 2. The summed E-state index contributed by atoms with van der Waals surface area (Å²) in [7, 11) is 0. The van der Waals surface area contributed by atoms with Crippen molar-refractivity contribution < 1.29 is 43.6 Å². The van der Waals surface area contributed by atoms with Gasteiger partial charge in [0.15, 0.2) is 6.61 Å². The van der Waals surface area contributed by atoms with E-state index in [9.17, 15) is 19.5 Å². The molecule has 2 saturated heterocycles. The maximum Gasteiger partial charge on any atom is 0.335 e. The second kappa shape index (κ2) is 13.1. The van der Waals surface area contributed by atoms with Gasteiger partial charge in [-0.25, -0.2) is 4.79 Å². The molecule has 0 aromatic heterocycles. The van der Waals surface area contributed by atoms with Crippen molar-refractivity contribution in [3.63, 3.8) is 0 Å². The molecule has 2 amide bonds. The van der Waals surface area contributed by atoms with E-state index in [-0.39, 0.29) is 48.0 Å². The van der Waals surface area contributed by atoms with E-state index in [2.05, 4.69) is 15.5 Å². The average molecular weight is 542 g/mol. The second-order valence-electron chi connectivity index (χ2n) is 9.40. The van der Waals surface area contributed by atoms with E-state index >= 15 is 0 Å². The van der Waals surface area contributed by atoms with Gasteiger partial charge < -0.3 is 35.1 Å². The zero-order valence-corrected chi connectivity index (χ0v) is 21.2. The summed E-state index contributed by atoms with van der Waals surface area (Å²) in [5.74, 6) is -1.19. The molecule has 0 radical (unpaired) electrons. The van der Waals surface area contributed by atoms with Crippen LogP contribution in [-0.2, 0) is 20.9 Å². The first-order valence-electron chi connectivity index (χ1n) is 12.6. The lowest BCUT2D eigenvalue weighted by molar-refractivity contribution is -0.123. The number of aromatic carboxylic acids is 1. The van der Waals surface area contributed by atoms with Gasteiger partial charge in [-0.1, -0.05) is 12.1 Å². The highest BCUT2D eigenvalue weighted by molar-refractivity contribution is 5.98. The number of hydrogen-bond acceptors (Lipinski definition) is 8. The maximum absolute atomic E-state index is 13.3. The average Bonchev–Trinajstić information content (AvgIpc) is 3.33. The molecule has 4 aliphatic heterocycles. The van der Waals surface area contributed by atoms with Crippen LogP contribution in [0.5, 0.6) is 11.5 Å². The monoisotopic (exact) mass is 541 g/mol. The van der Waals surface area contributed by atoms with Crippen LogP contribution >= 0.6 is 0 Å². The van der Waals surface area contributed by atoms with Crippen LogP contribution < -0.4 is 20.1 Å². The van der Waals surface area contributed by atoms with E-state index in [1.165, 1.54) is 18.2 Å². The molecule has 12 nitrogen and oxygen atoms in total. The van der Waals surface area contributed by atoms with Crippen molar-refractivity contribution in [2.45, 2.75) is 37.6 Å². The highest BCUT2D eigenvalue weighted by Gasteiger charge is 2.39. The van der Waals surface area contributed by atoms with E-state index in [1.54, 1.807) is 0 Å². The smallest absolute Gasteiger partial charge is 0.335 e. The molecule has 2 aromatic carbocycles. The topological polar surface area (TPSA) is 164 Å². The summed E-state index contributed by atoms with van der Waals surface area (Å²) in [6, 6.07) is 11.6. The van der Waals surface area contributed by atoms with Gasteiger partial charge in [-0.05, 0) is 48.7 Å². The summed E-state index contributed by atoms with van der Waals surface area (Å²) >= 11 is 0. The van der Waals surface area contributed by atoms with Crippen molar-refractivity contribution in [3.05, 3.63) is 59.2 Å². The van der Waals surface area contributed by atoms with Gasteiger partial charge >= 0.3 is 5.97 Å². The first-order chi connectivity index (χ1) is 18.9. The minimum absolute atomic E-state index is 0.100. The van der Waals surface area contributed by atoms with E-state index in [0.717, 1.165) is 18.4 Å². The van der Waals surface area contributed by atoms with Crippen LogP contribution in [0.1, 0.15) is 39.1 Å². The summed E-state index contributed by atoms with van der Waals surface area (Å²) in [4.78, 5) is 47.9. The standard InChI is InChI=1S/C26H29N3O7.CH2O2/c30-24-15-35-21-10-17(9-18(11-21)26(32)33)25(31)28-22-13-29(19-5-7-34-8-6-19)14-23(22)36-20-3-1-16(2-4-20)12-27-24;2-1-3/h1-4,9-11,19,22-23H,5-8,12-15H2,(H,27,30)(H,28,31)(H,32,33);1H,(H,2,3)/t22-,23-;/m0./s1. The molecule has 4 N–H and O–H groups in total. The zero-order valence-electron chi connectivity index (χ0n) is 21.2. The lowest BCUT2D eigenvalue weighted by Crippen LogP contribution is -2.45. The molecule has 208 valence electrons. The van der Waals surface area contributed by atoms with Crippen molar-refractivity contribution >= 4 is 24.3 Å². The van der Waals surface area contributed by atoms with Crippen LogP contribution in [0.3, 0.4) is 0 Å². The number of fused-ring (bicyclic) bond motifs is 7. The molecule has 4 heterocycles. The molecule has 0 saturated carbocycles. The normalized spacial score (nSPS) is 22.1. The van der Waals surface area contributed by atoms with Gasteiger partial charge in [-0.15, -0.1) is 0 Å². The minimum atomic E-state index is -1.20. The molecular formula is C27H31N3O9. The third-order valence-corrected chi connectivity index (χ3v) is 6.80. The predicted octanol–water partition coefficient (Wildman–Crippen LogP) is 1.13. The first-order valence-corrected chi connectivity index (χ1v) is 12.6. The molecule has 0 aliphatic carbocycles. The van der Waals surface area contributed by atoms with Gasteiger partial charge in [0.2, 0.25) is 0 Å². The Balaban J connectivity index is 0.00000112. The third kappa shape index (κ3) is 7.45. The lowest BCUT2D eigenvalue weighted by atomic mass is 10.1. The van der Waals surface area contributed by atoms with Crippen LogP contribution in [0.2, 0.25) is 0 Å². The Kier molecular flexibility index (Phi) is 9.34. The van der Waals surface area contributed by atoms with Crippen LogP contribution in [-0.4, -0.2) is 90.5 Å². The Morgan fingerprint density at radius 1 is 1.03 bits per heavy atom. The summed E-state index contributed by atoms with van der Waals surface area (Å²) in [6.07, 6.45) is 1.56. The van der Waals surface area contributed by atoms with Gasteiger partial charge in [0.1, 0.15) is 17.6 Å². The van der Waals surface area contributed by atoms with E-state index in [1.807, 2.05) is 24.3 Å². The molecule has 39 heavy (non-hydrogen) atoms. The van der Waals surface area contributed by atoms with Crippen molar-refractivity contribution in [2.75, 3.05) is 32.9 Å². The van der Waals surface area contributed by atoms with Gasteiger partial charge in [0.05, 0.1) is 11.6 Å². The molecule has 6 rings (SSSR count). The number of amides is 2. The molecule has 4 bridgehead atoms. The van der Waals surface area contributed by atoms with Crippen LogP contribution in [0.15, 0.2) is 42.5 Å². The highest BCUT2D eigenvalue weighted by Crippen LogP contribution is 2.25. The number of ether oxygens (including phenoxy) is 3. The minimum Gasteiger partial charge on any atom is -0.487 e. The lowest BCUT2D eigenvalue weighted by Gasteiger charge is -2.30. The Morgan fingerprint density at radius 2 is 1.74 bits per heavy atom. The van der Waals surface area contributed by atoms with E-state index < -0.39 is 11.9 Å². The fourth-order valence-corrected chi connectivity index (χ4v) is 4.86. The van der Waals surface area contributed by atoms with Crippen molar-refractivity contribution in [2.24, 2.45) is 0 Å². The van der Waals surface area contributed by atoms with Crippen molar-refractivity contribution in [1.29, 1.82) is 0 Å². The zero-order chi connectivity index (χ0) is 27.8. The van der Waals surface area contributed by atoms with Crippen LogP contribution in [0, 0.1) is 0 Å². The Labute approximate surface area is 224 Å². The number of likely N-dealkylation sites (tertiary alicyclic amines) is 1. The highest BCUT2D eigenvalue weighted by atomic mass is 16.5. The summed E-state index contributed by atoms with van der Waals surface area (Å²) in [6.45, 7) is 2.44. The molecule has 2 fully saturated rings. The fourth-order valence-electron chi connectivity index (χ4n) is 4.86. The van der Waals surface area contributed by atoms with Gasteiger partial charge in [0.25, 0.3) is 18.3 Å². The molecule has 0 unspecified atom stereocenters. The van der Waals surface area contributed by atoms with Gasteiger partial charge in [0, 0.05) is 44.5 Å². The Bertz CT molecular complexity index is 1180. The molecule has 2 atom stereocenters. The number of nitrogens with zero attached hydrogens (tertiary/aromatic N) is 1. The van der Waals surface area contributed by atoms with Crippen LogP contribution in [0.4, 0.5) is 0 Å². The number of carbonyl (C=O) groups excluding carboxylic acids is 2. The van der Waals surface area contributed by atoms with Crippen molar-refractivity contribution in [1.82, 2.24) is 15.5 Å². The molecule has 12 heteroatoms. The Morgan fingerprint density at radius 3 is 2.44 bits per heavy atom. The van der Waals surface area contributed by atoms with Crippen molar-refractivity contribution in [3.8, 4) is 11.5 Å². The largest absolute Gasteiger partial charge is 0.487 e. The number of rotatable bonds is 2. The number of carbonyl (C=O) groups is 4. The molecule has 4 aliphatic rings. The van der Waals surface area contributed by atoms with E-state index in [0.29, 0.717) is 44.6 Å². The summed E-state index contributed by atoms with van der Waals surface area (Å²) in [5, 5.41) is 22.2. The molecule has 2 aromatic rings. The quantitative estimate of drug-likeness (QED) is 0.405. The predicted molar refractivity (Wildman–Crippen MR) is 137 cm³/mol. The number of nitrogens with one attached hydrogen (secondary N) is 2. The number of benzene rings is 2. The summed E-state index contributed by atoms with van der Waals surface area (Å²) in [5.41, 5.74) is 0.939. The van der Waals surface area contributed by atoms with E-state index in [4.69, 9.17) is 24.1 Å². The van der Waals surface area contributed by atoms with Gasteiger partial charge in [-0.2, -0.15) is 0 Å². The number of carboxylic acids is 1. The maximum atomic E-state index is 13.3.